The standard InChI is InChI=1S/C19H25N3O2/c1-19(2,24-3)18(23)21-12-10-17-16(13-21)20-14-22(17)11-9-15-7-5-4-6-8-15/h4-8,14H,9-13H2,1-3H3. The van der Waals surface area contributed by atoms with E-state index in [4.69, 9.17) is 4.74 Å². The Kier molecular flexibility index (Phi) is 4.71. The molecule has 0 saturated heterocycles. The van der Waals surface area contributed by atoms with Gasteiger partial charge in [0.15, 0.2) is 0 Å². The van der Waals surface area contributed by atoms with Crippen LogP contribution in [-0.4, -0.2) is 39.6 Å². The summed E-state index contributed by atoms with van der Waals surface area (Å²) in [5, 5.41) is 0. The van der Waals surface area contributed by atoms with Crippen molar-refractivity contribution in [3.8, 4) is 0 Å². The zero-order valence-electron chi connectivity index (χ0n) is 14.7. The van der Waals surface area contributed by atoms with Gasteiger partial charge in [0.25, 0.3) is 5.91 Å². The number of hydrogen-bond donors (Lipinski definition) is 0. The molecule has 0 radical (unpaired) electrons. The van der Waals surface area contributed by atoms with Crippen LogP contribution in [0.25, 0.3) is 0 Å². The van der Waals surface area contributed by atoms with Crippen LogP contribution in [0.2, 0.25) is 0 Å². The van der Waals surface area contributed by atoms with Crippen molar-refractivity contribution >= 4 is 5.91 Å². The molecule has 128 valence electrons. The van der Waals surface area contributed by atoms with Crippen LogP contribution >= 0.6 is 0 Å². The lowest BCUT2D eigenvalue weighted by atomic mass is 10.0. The molecule has 5 nitrogen and oxygen atoms in total. The summed E-state index contributed by atoms with van der Waals surface area (Å²) in [5.74, 6) is 0.0227. The van der Waals surface area contributed by atoms with E-state index in [1.165, 1.54) is 11.3 Å². The average Bonchev–Trinajstić information content (AvgIpc) is 3.02. The van der Waals surface area contributed by atoms with Crippen LogP contribution < -0.4 is 0 Å². The van der Waals surface area contributed by atoms with E-state index in [1.54, 1.807) is 7.11 Å². The molecule has 2 heterocycles. The van der Waals surface area contributed by atoms with E-state index < -0.39 is 5.60 Å². The minimum absolute atomic E-state index is 0.0227. The topological polar surface area (TPSA) is 47.4 Å². The normalized spacial score (nSPS) is 14.5. The Bertz CT molecular complexity index is 707. The van der Waals surface area contributed by atoms with Gasteiger partial charge in [-0.05, 0) is 25.8 Å². The van der Waals surface area contributed by atoms with Crippen LogP contribution in [0.1, 0.15) is 30.8 Å². The van der Waals surface area contributed by atoms with Crippen LogP contribution in [0.4, 0.5) is 0 Å². The molecule has 0 spiro atoms. The van der Waals surface area contributed by atoms with Gasteiger partial charge in [0, 0.05) is 32.3 Å². The highest BCUT2D eigenvalue weighted by atomic mass is 16.5. The molecule has 5 heteroatoms. The first-order valence-corrected chi connectivity index (χ1v) is 8.42. The number of hydrogen-bond acceptors (Lipinski definition) is 3. The summed E-state index contributed by atoms with van der Waals surface area (Å²) in [6, 6.07) is 10.5. The molecule has 0 atom stereocenters. The molecule has 0 unspecified atom stereocenters. The van der Waals surface area contributed by atoms with E-state index in [1.807, 2.05) is 31.1 Å². The van der Waals surface area contributed by atoms with Crippen molar-refractivity contribution in [2.24, 2.45) is 0 Å². The van der Waals surface area contributed by atoms with Gasteiger partial charge in [-0.2, -0.15) is 0 Å². The molecule has 0 N–H and O–H groups in total. The zero-order chi connectivity index (χ0) is 17.2. The second-order valence-electron chi connectivity index (χ2n) is 6.76. The van der Waals surface area contributed by atoms with Crippen molar-refractivity contribution in [3.63, 3.8) is 0 Å². The Labute approximate surface area is 143 Å². The SMILES string of the molecule is COC(C)(C)C(=O)N1CCc2c(ncn2CCc2ccccc2)C1. The molecule has 0 saturated carbocycles. The number of aromatic nitrogens is 2. The third kappa shape index (κ3) is 3.36. The predicted octanol–water partition coefficient (Wildman–Crippen LogP) is 2.44. The smallest absolute Gasteiger partial charge is 0.254 e. The number of carbonyl (C=O) groups is 1. The summed E-state index contributed by atoms with van der Waals surface area (Å²) >= 11 is 0. The van der Waals surface area contributed by atoms with Crippen molar-refractivity contribution in [2.75, 3.05) is 13.7 Å². The Hall–Kier alpha value is -2.14. The summed E-state index contributed by atoms with van der Waals surface area (Å²) in [7, 11) is 1.57. The summed E-state index contributed by atoms with van der Waals surface area (Å²) in [4.78, 5) is 18.9. The Morgan fingerprint density at radius 2 is 2.04 bits per heavy atom. The third-order valence-corrected chi connectivity index (χ3v) is 4.79. The van der Waals surface area contributed by atoms with Crippen LogP contribution in [-0.2, 0) is 35.5 Å². The number of amides is 1. The van der Waals surface area contributed by atoms with Gasteiger partial charge < -0.3 is 14.2 Å². The predicted molar refractivity (Wildman–Crippen MR) is 92.6 cm³/mol. The van der Waals surface area contributed by atoms with Gasteiger partial charge in [0.2, 0.25) is 0 Å². The highest BCUT2D eigenvalue weighted by Crippen LogP contribution is 2.22. The van der Waals surface area contributed by atoms with Gasteiger partial charge in [0.1, 0.15) is 5.60 Å². The minimum atomic E-state index is -0.784. The van der Waals surface area contributed by atoms with Gasteiger partial charge in [-0.25, -0.2) is 4.98 Å². The van der Waals surface area contributed by atoms with E-state index in [-0.39, 0.29) is 5.91 Å². The van der Waals surface area contributed by atoms with Crippen LogP contribution in [0, 0.1) is 0 Å². The first-order chi connectivity index (χ1) is 11.5. The Morgan fingerprint density at radius 1 is 1.29 bits per heavy atom. The molecule has 1 aliphatic heterocycles. The molecule has 3 rings (SSSR count). The fraction of sp³-hybridized carbons (Fsp3) is 0.474. The molecule has 1 aromatic heterocycles. The Balaban J connectivity index is 1.67. The molecule has 2 aromatic rings. The quantitative estimate of drug-likeness (QED) is 0.847. The van der Waals surface area contributed by atoms with Crippen LogP contribution in [0.5, 0.6) is 0 Å². The largest absolute Gasteiger partial charge is 0.369 e. The van der Waals surface area contributed by atoms with Crippen molar-refractivity contribution in [3.05, 3.63) is 53.6 Å². The van der Waals surface area contributed by atoms with Gasteiger partial charge in [-0.1, -0.05) is 30.3 Å². The van der Waals surface area contributed by atoms with Crippen molar-refractivity contribution in [2.45, 2.75) is 45.4 Å². The van der Waals surface area contributed by atoms with Crippen molar-refractivity contribution in [1.82, 2.24) is 14.5 Å². The van der Waals surface area contributed by atoms with Gasteiger partial charge in [-0.3, -0.25) is 4.79 Å². The molecule has 1 aromatic carbocycles. The van der Waals surface area contributed by atoms with E-state index in [2.05, 4.69) is 33.8 Å². The number of nitrogens with zero attached hydrogens (tertiary/aromatic N) is 3. The fourth-order valence-corrected chi connectivity index (χ4v) is 3.10. The lowest BCUT2D eigenvalue weighted by Crippen LogP contribution is -2.48. The maximum absolute atomic E-state index is 12.5. The number of benzene rings is 1. The number of ether oxygens (including phenoxy) is 1. The van der Waals surface area contributed by atoms with Gasteiger partial charge in [-0.15, -0.1) is 0 Å². The summed E-state index contributed by atoms with van der Waals surface area (Å²) in [6.07, 6.45) is 3.74. The number of rotatable bonds is 5. The second-order valence-corrected chi connectivity index (χ2v) is 6.76. The maximum atomic E-state index is 12.5. The zero-order valence-corrected chi connectivity index (χ0v) is 14.7. The number of methoxy groups -OCH3 is 1. The molecular weight excluding hydrogens is 302 g/mol. The average molecular weight is 327 g/mol. The second kappa shape index (κ2) is 6.77. The van der Waals surface area contributed by atoms with E-state index >= 15 is 0 Å². The number of aryl methyl sites for hydroxylation is 2. The maximum Gasteiger partial charge on any atom is 0.254 e. The van der Waals surface area contributed by atoms with E-state index in [9.17, 15) is 4.79 Å². The van der Waals surface area contributed by atoms with Gasteiger partial charge >= 0.3 is 0 Å². The fourth-order valence-electron chi connectivity index (χ4n) is 3.10. The number of carbonyl (C=O) groups excluding carboxylic acids is 1. The summed E-state index contributed by atoms with van der Waals surface area (Å²) < 4.78 is 7.54. The number of fused-ring (bicyclic) bond motifs is 1. The van der Waals surface area contributed by atoms with Crippen LogP contribution in [0.15, 0.2) is 36.7 Å². The van der Waals surface area contributed by atoms with Crippen molar-refractivity contribution < 1.29 is 9.53 Å². The molecule has 0 fully saturated rings. The van der Waals surface area contributed by atoms with E-state index in [0.29, 0.717) is 6.54 Å². The summed E-state index contributed by atoms with van der Waals surface area (Å²) in [6.45, 7) is 5.82. The highest BCUT2D eigenvalue weighted by Gasteiger charge is 2.34. The molecule has 0 aliphatic carbocycles. The lowest BCUT2D eigenvalue weighted by molar-refractivity contribution is -0.152. The molecule has 0 bridgehead atoms. The highest BCUT2D eigenvalue weighted by molar-refractivity contribution is 5.84. The molecule has 1 aliphatic rings. The molecule has 24 heavy (non-hydrogen) atoms. The van der Waals surface area contributed by atoms with E-state index in [0.717, 1.165) is 31.6 Å². The lowest BCUT2D eigenvalue weighted by Gasteiger charge is -2.33. The van der Waals surface area contributed by atoms with Crippen molar-refractivity contribution in [1.29, 1.82) is 0 Å². The molecule has 1 amide bonds. The monoisotopic (exact) mass is 327 g/mol. The molecular formula is C19H25N3O2. The number of imidazole rings is 1. The van der Waals surface area contributed by atoms with Gasteiger partial charge in [0.05, 0.1) is 18.6 Å². The third-order valence-electron chi connectivity index (χ3n) is 4.79. The first-order valence-electron chi connectivity index (χ1n) is 8.42. The Morgan fingerprint density at radius 3 is 2.75 bits per heavy atom. The summed E-state index contributed by atoms with van der Waals surface area (Å²) in [5.41, 5.74) is 2.81. The first kappa shape index (κ1) is 16.7. The van der Waals surface area contributed by atoms with Crippen LogP contribution in [0.3, 0.4) is 0 Å². The minimum Gasteiger partial charge on any atom is -0.369 e.